The smallest absolute Gasteiger partial charge is 0.234 e. The molecule has 4 aromatic rings. The number of pyridine rings is 2. The lowest BCUT2D eigenvalue weighted by Gasteiger charge is -2.28. The average molecular weight is 660 g/mol. The van der Waals surface area contributed by atoms with Gasteiger partial charge in [-0.3, -0.25) is 14.6 Å². The van der Waals surface area contributed by atoms with Crippen molar-refractivity contribution in [3.05, 3.63) is 83.4 Å². The number of hydrogen-bond donors (Lipinski definition) is 3. The summed E-state index contributed by atoms with van der Waals surface area (Å²) < 4.78 is 40.5. The van der Waals surface area contributed by atoms with Gasteiger partial charge in [-0.15, -0.1) is 0 Å². The van der Waals surface area contributed by atoms with E-state index < -0.39 is 41.1 Å². The molecular formula is C37H39F2N3O6. The lowest BCUT2D eigenvalue weighted by molar-refractivity contribution is -0.127. The molecule has 9 nitrogen and oxygen atoms in total. The highest BCUT2D eigenvalue weighted by Crippen LogP contribution is 2.46. The van der Waals surface area contributed by atoms with E-state index in [4.69, 9.17) is 14.5 Å². The second-order valence-electron chi connectivity index (χ2n) is 13.8. The molecule has 0 spiro atoms. The zero-order chi connectivity index (χ0) is 34.4. The van der Waals surface area contributed by atoms with E-state index in [2.05, 4.69) is 10.3 Å². The van der Waals surface area contributed by atoms with Crippen LogP contribution in [0.3, 0.4) is 0 Å². The molecule has 48 heavy (non-hydrogen) atoms. The Morgan fingerprint density at radius 3 is 2.54 bits per heavy atom. The van der Waals surface area contributed by atoms with Crippen LogP contribution >= 0.6 is 0 Å². The molecule has 11 heteroatoms. The molecule has 0 unspecified atom stereocenters. The van der Waals surface area contributed by atoms with Crippen molar-refractivity contribution in [1.82, 2.24) is 15.3 Å². The zero-order valence-corrected chi connectivity index (χ0v) is 27.3. The highest BCUT2D eigenvalue weighted by Gasteiger charge is 2.46. The summed E-state index contributed by atoms with van der Waals surface area (Å²) in [7, 11) is 0. The Balaban J connectivity index is 1.30. The van der Waals surface area contributed by atoms with Gasteiger partial charge in [-0.05, 0) is 95.5 Å². The van der Waals surface area contributed by atoms with Gasteiger partial charge in [0.2, 0.25) is 5.91 Å². The largest absolute Gasteiger partial charge is 0.489 e. The second kappa shape index (κ2) is 12.5. The summed E-state index contributed by atoms with van der Waals surface area (Å²) in [5, 5.41) is 25.2. The van der Waals surface area contributed by atoms with Crippen molar-refractivity contribution in [3.63, 3.8) is 0 Å². The first-order chi connectivity index (χ1) is 22.7. The summed E-state index contributed by atoms with van der Waals surface area (Å²) in [5.74, 6) is -0.372. The molecule has 252 valence electrons. The molecule has 3 heterocycles. The summed E-state index contributed by atoms with van der Waals surface area (Å²) in [6.45, 7) is 5.29. The van der Waals surface area contributed by atoms with Crippen LogP contribution in [-0.4, -0.2) is 62.9 Å². The first-order valence-electron chi connectivity index (χ1n) is 16.1. The topological polar surface area (TPSA) is 131 Å². The van der Waals surface area contributed by atoms with Crippen LogP contribution in [0.5, 0.6) is 11.5 Å². The third-order valence-corrected chi connectivity index (χ3v) is 9.10. The monoisotopic (exact) mass is 659 g/mol. The standard InChI is InChI=1S/C37H39F2N3O6/c1-35(2,45)29(39)19-41-34(44)36(3)20-47-33-26(36)18-30(42-32(33)21-7-9-24(38)10-8-21)37(4,46)14-13-27(43)23-16-22-6-5-15-40-31(22)28(17-23)48-25-11-12-25/h5-10,15-18,25,29,45-46H,11-14,19-20H2,1-4H3,(H,41,44)/t29-,36+,37+/m1/s1. The summed E-state index contributed by atoms with van der Waals surface area (Å²) in [6, 6.07) is 14.3. The fraction of sp³-hybridized carbons (Fsp3) is 0.405. The molecule has 2 aliphatic rings. The summed E-state index contributed by atoms with van der Waals surface area (Å²) >= 11 is 0. The number of ketones is 1. The van der Waals surface area contributed by atoms with Gasteiger partial charge in [0.25, 0.3) is 0 Å². The molecule has 3 atom stereocenters. The van der Waals surface area contributed by atoms with E-state index in [9.17, 15) is 28.6 Å². The molecule has 1 amide bonds. The fourth-order valence-corrected chi connectivity index (χ4v) is 5.68. The van der Waals surface area contributed by atoms with Crippen molar-refractivity contribution in [3.8, 4) is 22.8 Å². The quantitative estimate of drug-likeness (QED) is 0.165. The number of aliphatic hydroxyl groups is 2. The van der Waals surface area contributed by atoms with Crippen molar-refractivity contribution in [2.75, 3.05) is 13.2 Å². The van der Waals surface area contributed by atoms with Crippen molar-refractivity contribution in [2.24, 2.45) is 0 Å². The number of ether oxygens (including phenoxy) is 2. The Bertz CT molecular complexity index is 1870. The molecule has 0 bridgehead atoms. The lowest BCUT2D eigenvalue weighted by Crippen LogP contribution is -2.48. The molecular weight excluding hydrogens is 620 g/mol. The molecule has 2 aromatic carbocycles. The van der Waals surface area contributed by atoms with Gasteiger partial charge in [-0.25, -0.2) is 13.8 Å². The van der Waals surface area contributed by atoms with E-state index in [0.717, 1.165) is 18.2 Å². The maximum absolute atomic E-state index is 14.5. The number of carbonyl (C=O) groups is 2. The number of benzene rings is 2. The summed E-state index contributed by atoms with van der Waals surface area (Å²) in [4.78, 5) is 36.3. The molecule has 1 saturated carbocycles. The molecule has 1 aliphatic carbocycles. The Hall–Kier alpha value is -4.48. The Morgan fingerprint density at radius 2 is 1.85 bits per heavy atom. The van der Waals surface area contributed by atoms with Gasteiger partial charge < -0.3 is 25.0 Å². The predicted octanol–water partition coefficient (Wildman–Crippen LogP) is 5.72. The van der Waals surface area contributed by atoms with E-state index in [1.54, 1.807) is 44.3 Å². The first-order valence-corrected chi connectivity index (χ1v) is 16.1. The van der Waals surface area contributed by atoms with Crippen LogP contribution in [-0.2, 0) is 15.8 Å². The minimum Gasteiger partial charge on any atom is -0.489 e. The third-order valence-electron chi connectivity index (χ3n) is 9.10. The van der Waals surface area contributed by atoms with Gasteiger partial charge in [-0.1, -0.05) is 6.07 Å². The van der Waals surface area contributed by atoms with Gasteiger partial charge in [-0.2, -0.15) is 0 Å². The highest BCUT2D eigenvalue weighted by molar-refractivity contribution is 6.01. The minimum absolute atomic E-state index is 0.0107. The molecule has 0 saturated heterocycles. The fourth-order valence-electron chi connectivity index (χ4n) is 5.68. The van der Waals surface area contributed by atoms with E-state index in [1.165, 1.54) is 38.1 Å². The van der Waals surface area contributed by atoms with Crippen molar-refractivity contribution >= 4 is 22.6 Å². The van der Waals surface area contributed by atoms with Crippen LogP contribution < -0.4 is 14.8 Å². The summed E-state index contributed by atoms with van der Waals surface area (Å²) in [5.41, 5.74) is -2.14. The van der Waals surface area contributed by atoms with E-state index in [0.29, 0.717) is 28.0 Å². The van der Waals surface area contributed by atoms with E-state index in [-0.39, 0.29) is 48.5 Å². The number of rotatable bonds is 12. The van der Waals surface area contributed by atoms with Crippen LogP contribution in [0.2, 0.25) is 0 Å². The zero-order valence-electron chi connectivity index (χ0n) is 27.3. The number of carbonyl (C=O) groups excluding carboxylic acids is 2. The van der Waals surface area contributed by atoms with Gasteiger partial charge in [0.05, 0.1) is 23.9 Å². The van der Waals surface area contributed by atoms with Crippen molar-refractivity contribution in [1.29, 1.82) is 0 Å². The molecule has 1 fully saturated rings. The second-order valence-corrected chi connectivity index (χ2v) is 13.8. The van der Waals surface area contributed by atoms with Crippen molar-refractivity contribution in [2.45, 2.75) is 82.3 Å². The molecule has 1 aliphatic heterocycles. The SMILES string of the molecule is CC(C)(O)[C@H](F)CNC(=O)[C@@]1(C)COc2c1cc([C@@](C)(O)CCC(=O)c1cc(OC3CC3)c3ncccc3c1)nc2-c1ccc(F)cc1. The number of alkyl halides is 1. The van der Waals surface area contributed by atoms with E-state index >= 15 is 0 Å². The minimum atomic E-state index is -1.72. The number of Topliss-reactive ketones (excluding diaryl/α,β-unsaturated/α-hetero) is 1. The normalized spacial score (nSPS) is 19.2. The third kappa shape index (κ3) is 6.75. The van der Waals surface area contributed by atoms with Crippen LogP contribution in [0.15, 0.2) is 60.8 Å². The molecule has 0 radical (unpaired) electrons. The number of halogens is 2. The Kier molecular flexibility index (Phi) is 8.72. The number of nitrogens with one attached hydrogen (secondary N) is 1. The summed E-state index contributed by atoms with van der Waals surface area (Å²) in [6.07, 6.45) is 1.93. The lowest BCUT2D eigenvalue weighted by atomic mass is 9.81. The molecule has 2 aromatic heterocycles. The van der Waals surface area contributed by atoms with Crippen LogP contribution in [0, 0.1) is 5.82 Å². The number of aromatic nitrogens is 2. The van der Waals surface area contributed by atoms with Gasteiger partial charge in [0.1, 0.15) is 52.3 Å². The molecule has 3 N–H and O–H groups in total. The van der Waals surface area contributed by atoms with Gasteiger partial charge in [0.15, 0.2) is 5.78 Å². The highest BCUT2D eigenvalue weighted by atomic mass is 19.1. The van der Waals surface area contributed by atoms with Crippen LogP contribution in [0.25, 0.3) is 22.2 Å². The number of hydrogen-bond acceptors (Lipinski definition) is 8. The van der Waals surface area contributed by atoms with Crippen LogP contribution in [0.1, 0.15) is 75.0 Å². The average Bonchev–Trinajstić information content (AvgIpc) is 3.81. The van der Waals surface area contributed by atoms with Gasteiger partial charge in [0, 0.05) is 34.7 Å². The number of amides is 1. The van der Waals surface area contributed by atoms with E-state index in [1.807, 2.05) is 6.07 Å². The van der Waals surface area contributed by atoms with Crippen LogP contribution in [0.4, 0.5) is 8.78 Å². The Labute approximate surface area is 277 Å². The van der Waals surface area contributed by atoms with Gasteiger partial charge >= 0.3 is 0 Å². The maximum atomic E-state index is 14.5. The predicted molar refractivity (Wildman–Crippen MR) is 175 cm³/mol. The number of nitrogens with zero attached hydrogens (tertiary/aromatic N) is 2. The maximum Gasteiger partial charge on any atom is 0.234 e. The Morgan fingerprint density at radius 1 is 1.12 bits per heavy atom. The van der Waals surface area contributed by atoms with Crippen molar-refractivity contribution < 1.29 is 38.1 Å². The first kappa shape index (κ1) is 33.4. The number of fused-ring (bicyclic) bond motifs is 2. The molecule has 6 rings (SSSR count).